The summed E-state index contributed by atoms with van der Waals surface area (Å²) in [4.78, 5) is 16.7. The molecule has 1 unspecified atom stereocenters. The Bertz CT molecular complexity index is 641. The highest BCUT2D eigenvalue weighted by Gasteiger charge is 2.21. The predicted octanol–water partition coefficient (Wildman–Crippen LogP) is 2.52. The maximum absolute atomic E-state index is 12.7. The quantitative estimate of drug-likeness (QED) is 0.633. The number of hydrogen-bond acceptors (Lipinski definition) is 5. The second-order valence-corrected chi connectivity index (χ2v) is 7.60. The minimum Gasteiger partial charge on any atom is -0.354 e. The van der Waals surface area contributed by atoms with Gasteiger partial charge in [0.2, 0.25) is 5.91 Å². The molecule has 26 heavy (non-hydrogen) atoms. The van der Waals surface area contributed by atoms with E-state index in [-0.39, 0.29) is 11.9 Å². The highest BCUT2D eigenvalue weighted by atomic mass is 32.1. The van der Waals surface area contributed by atoms with Crippen molar-refractivity contribution in [1.29, 1.82) is 0 Å². The summed E-state index contributed by atoms with van der Waals surface area (Å²) in [5, 5.41) is 14.1. The van der Waals surface area contributed by atoms with Gasteiger partial charge in [-0.2, -0.15) is 11.3 Å². The molecule has 0 spiro atoms. The summed E-state index contributed by atoms with van der Waals surface area (Å²) < 4.78 is 0. The Labute approximate surface area is 159 Å². The van der Waals surface area contributed by atoms with Gasteiger partial charge in [0.1, 0.15) is 6.04 Å². The first kappa shape index (κ1) is 19.0. The standard InChI is InChI=1S/C20H28N4OS/c25-20(24-13-6-17-3-10-22-11-4-17)19(18-7-14-26-15-18)23-12-5-16-1-8-21-9-2-16/h3-4,7,10-11,14-16,19,21,23H,1-2,5-6,8-9,12-13H2,(H,24,25). The molecule has 0 saturated carbocycles. The molecule has 1 saturated heterocycles. The van der Waals surface area contributed by atoms with Gasteiger partial charge in [0.05, 0.1) is 0 Å². The van der Waals surface area contributed by atoms with Crippen LogP contribution in [0.1, 0.15) is 36.4 Å². The van der Waals surface area contributed by atoms with Crippen LogP contribution in [0.4, 0.5) is 0 Å². The van der Waals surface area contributed by atoms with Gasteiger partial charge in [-0.05, 0) is 91.3 Å². The Balaban J connectivity index is 1.47. The van der Waals surface area contributed by atoms with Crippen LogP contribution < -0.4 is 16.0 Å². The van der Waals surface area contributed by atoms with E-state index in [1.807, 2.05) is 23.6 Å². The van der Waals surface area contributed by atoms with Gasteiger partial charge in [0.25, 0.3) is 0 Å². The zero-order chi connectivity index (χ0) is 18.0. The summed E-state index contributed by atoms with van der Waals surface area (Å²) in [6.07, 6.45) is 8.00. The van der Waals surface area contributed by atoms with E-state index in [1.165, 1.54) is 18.4 Å². The fraction of sp³-hybridized carbons (Fsp3) is 0.500. The normalized spacial score (nSPS) is 16.3. The predicted molar refractivity (Wildman–Crippen MR) is 106 cm³/mol. The summed E-state index contributed by atoms with van der Waals surface area (Å²) in [6, 6.07) is 5.75. The molecule has 2 aromatic heterocycles. The second-order valence-electron chi connectivity index (χ2n) is 6.82. The Morgan fingerprint density at radius 1 is 1.23 bits per heavy atom. The molecular formula is C20H28N4OS. The minimum atomic E-state index is -0.264. The van der Waals surface area contributed by atoms with E-state index in [4.69, 9.17) is 0 Å². The smallest absolute Gasteiger partial charge is 0.241 e. The number of amides is 1. The van der Waals surface area contributed by atoms with Crippen molar-refractivity contribution in [3.05, 3.63) is 52.5 Å². The lowest BCUT2D eigenvalue weighted by Crippen LogP contribution is -2.39. The molecule has 0 aliphatic carbocycles. The van der Waals surface area contributed by atoms with E-state index in [2.05, 4.69) is 26.3 Å². The molecule has 1 fully saturated rings. The Morgan fingerprint density at radius 3 is 2.77 bits per heavy atom. The molecule has 2 aromatic rings. The second kappa shape index (κ2) is 10.4. The topological polar surface area (TPSA) is 66.0 Å². The molecule has 0 bridgehead atoms. The van der Waals surface area contributed by atoms with Crippen LogP contribution in [0.2, 0.25) is 0 Å². The molecule has 1 atom stereocenters. The van der Waals surface area contributed by atoms with Gasteiger partial charge in [0.15, 0.2) is 0 Å². The molecule has 3 heterocycles. The molecule has 0 radical (unpaired) electrons. The molecule has 1 amide bonds. The number of carbonyl (C=O) groups excluding carboxylic acids is 1. The van der Waals surface area contributed by atoms with Gasteiger partial charge in [-0.3, -0.25) is 9.78 Å². The van der Waals surface area contributed by atoms with Crippen molar-refractivity contribution in [3.63, 3.8) is 0 Å². The third-order valence-electron chi connectivity index (χ3n) is 4.96. The van der Waals surface area contributed by atoms with Gasteiger partial charge in [0, 0.05) is 18.9 Å². The summed E-state index contributed by atoms with van der Waals surface area (Å²) in [5.74, 6) is 0.824. The maximum atomic E-state index is 12.7. The fourth-order valence-electron chi connectivity index (χ4n) is 3.38. The zero-order valence-electron chi connectivity index (χ0n) is 15.1. The SMILES string of the molecule is O=C(NCCc1ccncc1)C(NCCC1CCNCC1)c1ccsc1. The highest BCUT2D eigenvalue weighted by Crippen LogP contribution is 2.19. The molecule has 1 aliphatic rings. The number of pyridine rings is 1. The lowest BCUT2D eigenvalue weighted by Gasteiger charge is -2.24. The number of rotatable bonds is 9. The molecule has 140 valence electrons. The van der Waals surface area contributed by atoms with Crippen molar-refractivity contribution in [2.75, 3.05) is 26.2 Å². The van der Waals surface area contributed by atoms with Crippen molar-refractivity contribution in [3.8, 4) is 0 Å². The fourth-order valence-corrected chi connectivity index (χ4v) is 4.07. The van der Waals surface area contributed by atoms with E-state index in [9.17, 15) is 4.79 Å². The Kier molecular flexibility index (Phi) is 7.61. The number of hydrogen-bond donors (Lipinski definition) is 3. The average Bonchev–Trinajstić information content (AvgIpc) is 3.21. The van der Waals surface area contributed by atoms with Crippen LogP contribution >= 0.6 is 11.3 Å². The molecule has 1 aliphatic heterocycles. The first-order valence-corrected chi connectivity index (χ1v) is 10.4. The number of carbonyl (C=O) groups is 1. The van der Waals surface area contributed by atoms with Gasteiger partial charge in [-0.1, -0.05) is 0 Å². The summed E-state index contributed by atoms with van der Waals surface area (Å²) >= 11 is 1.63. The van der Waals surface area contributed by atoms with Crippen LogP contribution in [-0.4, -0.2) is 37.1 Å². The maximum Gasteiger partial charge on any atom is 0.241 e. The van der Waals surface area contributed by atoms with E-state index in [1.54, 1.807) is 23.7 Å². The van der Waals surface area contributed by atoms with Crippen molar-refractivity contribution < 1.29 is 4.79 Å². The molecular weight excluding hydrogens is 344 g/mol. The third kappa shape index (κ3) is 5.90. The summed E-state index contributed by atoms with van der Waals surface area (Å²) in [6.45, 7) is 3.75. The van der Waals surface area contributed by atoms with E-state index >= 15 is 0 Å². The van der Waals surface area contributed by atoms with Crippen LogP contribution in [0.15, 0.2) is 41.4 Å². The van der Waals surface area contributed by atoms with Gasteiger partial charge < -0.3 is 16.0 Å². The monoisotopic (exact) mass is 372 g/mol. The van der Waals surface area contributed by atoms with Crippen LogP contribution in [0.5, 0.6) is 0 Å². The summed E-state index contributed by atoms with van der Waals surface area (Å²) in [7, 11) is 0. The number of nitrogens with zero attached hydrogens (tertiary/aromatic N) is 1. The van der Waals surface area contributed by atoms with Gasteiger partial charge in [-0.15, -0.1) is 0 Å². The van der Waals surface area contributed by atoms with Gasteiger partial charge in [-0.25, -0.2) is 0 Å². The van der Waals surface area contributed by atoms with E-state index in [0.717, 1.165) is 44.0 Å². The summed E-state index contributed by atoms with van der Waals surface area (Å²) in [5.41, 5.74) is 2.24. The molecule has 5 nitrogen and oxygen atoms in total. The highest BCUT2D eigenvalue weighted by molar-refractivity contribution is 7.08. The van der Waals surface area contributed by atoms with Crippen LogP contribution in [0.3, 0.4) is 0 Å². The molecule has 6 heteroatoms. The minimum absolute atomic E-state index is 0.0581. The van der Waals surface area contributed by atoms with Crippen molar-refractivity contribution in [2.45, 2.75) is 31.7 Å². The average molecular weight is 373 g/mol. The zero-order valence-corrected chi connectivity index (χ0v) is 15.9. The third-order valence-corrected chi connectivity index (χ3v) is 5.66. The van der Waals surface area contributed by atoms with Crippen molar-refractivity contribution in [1.82, 2.24) is 20.9 Å². The van der Waals surface area contributed by atoms with Gasteiger partial charge >= 0.3 is 0 Å². The van der Waals surface area contributed by atoms with Crippen molar-refractivity contribution in [2.24, 2.45) is 5.92 Å². The molecule has 3 rings (SSSR count). The lowest BCUT2D eigenvalue weighted by atomic mass is 9.94. The molecule has 3 N–H and O–H groups in total. The molecule has 0 aromatic carbocycles. The number of nitrogens with one attached hydrogen (secondary N) is 3. The van der Waals surface area contributed by atoms with E-state index < -0.39 is 0 Å². The Morgan fingerprint density at radius 2 is 2.04 bits per heavy atom. The van der Waals surface area contributed by atoms with Crippen LogP contribution in [-0.2, 0) is 11.2 Å². The largest absolute Gasteiger partial charge is 0.354 e. The Hall–Kier alpha value is -1.76. The first-order valence-electron chi connectivity index (χ1n) is 9.46. The first-order chi connectivity index (χ1) is 12.8. The lowest BCUT2D eigenvalue weighted by molar-refractivity contribution is -0.123. The number of thiophene rings is 1. The number of piperidine rings is 1. The van der Waals surface area contributed by atoms with Crippen LogP contribution in [0.25, 0.3) is 0 Å². The number of aromatic nitrogens is 1. The van der Waals surface area contributed by atoms with Crippen molar-refractivity contribution >= 4 is 17.2 Å². The van der Waals surface area contributed by atoms with Crippen LogP contribution in [0, 0.1) is 5.92 Å². The van der Waals surface area contributed by atoms with E-state index in [0.29, 0.717) is 6.54 Å².